The first-order valence-corrected chi connectivity index (χ1v) is 5.59. The Balaban J connectivity index is 1.80. The number of carbonyl (C=O) groups excluding carboxylic acids is 1. The molecule has 0 saturated carbocycles. The third-order valence-electron chi connectivity index (χ3n) is 2.75. The van der Waals surface area contributed by atoms with Crippen molar-refractivity contribution in [3.63, 3.8) is 0 Å². The minimum absolute atomic E-state index is 0.754. The van der Waals surface area contributed by atoms with E-state index in [9.17, 15) is 4.79 Å². The van der Waals surface area contributed by atoms with E-state index in [2.05, 4.69) is 4.90 Å². The second-order valence-corrected chi connectivity index (χ2v) is 3.92. The normalized spacial score (nSPS) is 17.8. The van der Waals surface area contributed by atoms with Gasteiger partial charge in [-0.1, -0.05) is 12.8 Å². The molecule has 1 rings (SSSR count). The van der Waals surface area contributed by atoms with Crippen molar-refractivity contribution in [2.45, 2.75) is 44.9 Å². The maximum absolute atomic E-state index is 10.0. The maximum atomic E-state index is 10.0. The van der Waals surface area contributed by atoms with Crippen LogP contribution >= 0.6 is 0 Å². The van der Waals surface area contributed by atoms with E-state index in [1.165, 1.54) is 51.7 Å². The summed E-state index contributed by atoms with van der Waals surface area (Å²) in [4.78, 5) is 12.6. The van der Waals surface area contributed by atoms with E-state index in [0.717, 1.165) is 19.1 Å². The van der Waals surface area contributed by atoms with Crippen molar-refractivity contribution < 1.29 is 4.79 Å². The average Bonchev–Trinajstić information content (AvgIpc) is 2.63. The molecule has 1 heterocycles. The average molecular weight is 183 g/mol. The van der Waals surface area contributed by atoms with Gasteiger partial charge in [-0.05, 0) is 45.3 Å². The topological polar surface area (TPSA) is 20.3 Å². The molecule has 1 fully saturated rings. The molecule has 1 aliphatic rings. The van der Waals surface area contributed by atoms with Gasteiger partial charge in [-0.3, -0.25) is 0 Å². The molecule has 76 valence electrons. The highest BCUT2D eigenvalue weighted by atomic mass is 16.1. The van der Waals surface area contributed by atoms with Crippen LogP contribution in [0.25, 0.3) is 0 Å². The lowest BCUT2D eigenvalue weighted by Gasteiger charge is -2.13. The van der Waals surface area contributed by atoms with E-state index >= 15 is 0 Å². The Bertz CT molecular complexity index is 130. The number of aldehydes is 1. The van der Waals surface area contributed by atoms with Crippen LogP contribution in [0.2, 0.25) is 0 Å². The van der Waals surface area contributed by atoms with Gasteiger partial charge in [0.05, 0.1) is 0 Å². The van der Waals surface area contributed by atoms with Crippen LogP contribution in [-0.4, -0.2) is 30.8 Å². The number of carbonyl (C=O) groups is 1. The zero-order valence-corrected chi connectivity index (χ0v) is 8.50. The molecule has 0 unspecified atom stereocenters. The van der Waals surface area contributed by atoms with Crippen molar-refractivity contribution in [3.05, 3.63) is 0 Å². The van der Waals surface area contributed by atoms with Gasteiger partial charge in [-0.15, -0.1) is 0 Å². The van der Waals surface area contributed by atoms with E-state index in [-0.39, 0.29) is 0 Å². The second kappa shape index (κ2) is 7.07. The van der Waals surface area contributed by atoms with E-state index in [0.29, 0.717) is 0 Å². The number of rotatable bonds is 7. The number of unbranched alkanes of at least 4 members (excludes halogenated alkanes) is 4. The summed E-state index contributed by atoms with van der Waals surface area (Å²) in [5.41, 5.74) is 0. The molecule has 13 heavy (non-hydrogen) atoms. The minimum atomic E-state index is 0.754. The SMILES string of the molecule is O=CCCCCCCN1CCCC1. The molecule has 0 N–H and O–H groups in total. The zero-order valence-electron chi connectivity index (χ0n) is 8.50. The molecule has 0 aromatic carbocycles. The number of hydrogen-bond donors (Lipinski definition) is 0. The summed E-state index contributed by atoms with van der Waals surface area (Å²) in [6.45, 7) is 3.91. The Labute approximate surface area is 81.3 Å². The van der Waals surface area contributed by atoms with Crippen LogP contribution in [-0.2, 0) is 4.79 Å². The summed E-state index contributed by atoms with van der Waals surface area (Å²) in [5, 5.41) is 0. The van der Waals surface area contributed by atoms with Gasteiger partial charge in [0.15, 0.2) is 0 Å². The molecular formula is C11H21NO. The number of nitrogens with zero attached hydrogens (tertiary/aromatic N) is 1. The Hall–Kier alpha value is -0.370. The molecule has 0 aromatic heterocycles. The predicted octanol–water partition coefficient (Wildman–Crippen LogP) is 2.23. The molecule has 1 aliphatic heterocycles. The van der Waals surface area contributed by atoms with Gasteiger partial charge in [0, 0.05) is 6.42 Å². The summed E-state index contributed by atoms with van der Waals surface area (Å²) in [7, 11) is 0. The number of hydrogen-bond acceptors (Lipinski definition) is 2. The van der Waals surface area contributed by atoms with Crippen LogP contribution in [0, 0.1) is 0 Å². The van der Waals surface area contributed by atoms with Crippen LogP contribution < -0.4 is 0 Å². The Kier molecular flexibility index (Phi) is 5.83. The molecule has 0 aromatic rings. The van der Waals surface area contributed by atoms with Gasteiger partial charge in [-0.25, -0.2) is 0 Å². The standard InChI is InChI=1S/C11H21NO/c13-11-7-3-1-2-4-8-12-9-5-6-10-12/h11H,1-10H2. The zero-order chi connectivity index (χ0) is 9.36. The molecule has 0 amide bonds. The first-order chi connectivity index (χ1) is 6.43. The van der Waals surface area contributed by atoms with Crippen LogP contribution in [0.15, 0.2) is 0 Å². The van der Waals surface area contributed by atoms with Crippen LogP contribution in [0.4, 0.5) is 0 Å². The van der Waals surface area contributed by atoms with E-state index in [4.69, 9.17) is 0 Å². The van der Waals surface area contributed by atoms with Crippen molar-refractivity contribution in [3.8, 4) is 0 Å². The Morgan fingerprint density at radius 2 is 1.69 bits per heavy atom. The minimum Gasteiger partial charge on any atom is -0.303 e. The van der Waals surface area contributed by atoms with Crippen molar-refractivity contribution >= 4 is 6.29 Å². The Morgan fingerprint density at radius 3 is 2.38 bits per heavy atom. The predicted molar refractivity (Wildman–Crippen MR) is 54.8 cm³/mol. The first-order valence-electron chi connectivity index (χ1n) is 5.59. The van der Waals surface area contributed by atoms with E-state index in [1.54, 1.807) is 0 Å². The summed E-state index contributed by atoms with van der Waals surface area (Å²) in [5.74, 6) is 0. The maximum Gasteiger partial charge on any atom is 0.119 e. The Morgan fingerprint density at radius 1 is 1.00 bits per heavy atom. The van der Waals surface area contributed by atoms with Gasteiger partial charge >= 0.3 is 0 Å². The van der Waals surface area contributed by atoms with Crippen molar-refractivity contribution in [1.29, 1.82) is 0 Å². The highest BCUT2D eigenvalue weighted by molar-refractivity contribution is 5.48. The lowest BCUT2D eigenvalue weighted by molar-refractivity contribution is -0.107. The summed E-state index contributed by atoms with van der Waals surface area (Å²) in [6.07, 6.45) is 9.50. The summed E-state index contributed by atoms with van der Waals surface area (Å²) in [6, 6.07) is 0. The lowest BCUT2D eigenvalue weighted by Crippen LogP contribution is -2.20. The fraction of sp³-hybridized carbons (Fsp3) is 0.909. The third kappa shape index (κ3) is 5.04. The van der Waals surface area contributed by atoms with Crippen molar-refractivity contribution in [1.82, 2.24) is 4.90 Å². The lowest BCUT2D eigenvalue weighted by atomic mass is 10.1. The van der Waals surface area contributed by atoms with E-state index in [1.807, 2.05) is 0 Å². The van der Waals surface area contributed by atoms with Crippen molar-refractivity contribution in [2.75, 3.05) is 19.6 Å². The van der Waals surface area contributed by atoms with Crippen molar-refractivity contribution in [2.24, 2.45) is 0 Å². The van der Waals surface area contributed by atoms with E-state index < -0.39 is 0 Å². The smallest absolute Gasteiger partial charge is 0.119 e. The van der Waals surface area contributed by atoms with Crippen LogP contribution in [0.3, 0.4) is 0 Å². The van der Waals surface area contributed by atoms with Gasteiger partial charge in [0.2, 0.25) is 0 Å². The van der Waals surface area contributed by atoms with Gasteiger partial charge in [0.1, 0.15) is 6.29 Å². The molecule has 0 spiro atoms. The highest BCUT2D eigenvalue weighted by Crippen LogP contribution is 2.09. The fourth-order valence-electron chi connectivity index (χ4n) is 1.92. The van der Waals surface area contributed by atoms with Crippen LogP contribution in [0.1, 0.15) is 44.9 Å². The fourth-order valence-corrected chi connectivity index (χ4v) is 1.92. The van der Waals surface area contributed by atoms with Gasteiger partial charge in [-0.2, -0.15) is 0 Å². The molecule has 2 heteroatoms. The largest absolute Gasteiger partial charge is 0.303 e. The highest BCUT2D eigenvalue weighted by Gasteiger charge is 2.09. The molecule has 0 bridgehead atoms. The van der Waals surface area contributed by atoms with Gasteiger partial charge < -0.3 is 9.69 Å². The quantitative estimate of drug-likeness (QED) is 0.445. The molecule has 0 atom stereocenters. The first kappa shape index (κ1) is 10.7. The number of likely N-dealkylation sites (tertiary alicyclic amines) is 1. The molecular weight excluding hydrogens is 162 g/mol. The molecule has 0 aliphatic carbocycles. The third-order valence-corrected chi connectivity index (χ3v) is 2.75. The molecule has 0 radical (unpaired) electrons. The monoisotopic (exact) mass is 183 g/mol. The van der Waals surface area contributed by atoms with Crippen LogP contribution in [0.5, 0.6) is 0 Å². The van der Waals surface area contributed by atoms with Gasteiger partial charge in [0.25, 0.3) is 0 Å². The molecule has 1 saturated heterocycles. The molecule has 2 nitrogen and oxygen atoms in total. The summed E-state index contributed by atoms with van der Waals surface area (Å²) >= 11 is 0. The second-order valence-electron chi connectivity index (χ2n) is 3.92. The summed E-state index contributed by atoms with van der Waals surface area (Å²) < 4.78 is 0.